The summed E-state index contributed by atoms with van der Waals surface area (Å²) in [6.45, 7) is 3.24. The van der Waals surface area contributed by atoms with Gasteiger partial charge in [0, 0.05) is 5.56 Å². The number of benzene rings is 1. The quantitative estimate of drug-likeness (QED) is 0.818. The fourth-order valence-electron chi connectivity index (χ4n) is 1.27. The van der Waals surface area contributed by atoms with E-state index in [2.05, 4.69) is 0 Å². The van der Waals surface area contributed by atoms with Crippen molar-refractivity contribution in [2.24, 2.45) is 11.7 Å². The summed E-state index contributed by atoms with van der Waals surface area (Å²) < 4.78 is 18.3. The second kappa shape index (κ2) is 5.63. The first kappa shape index (κ1) is 13.4. The van der Waals surface area contributed by atoms with Crippen LogP contribution in [-0.2, 0) is 4.79 Å². The van der Waals surface area contributed by atoms with Crippen LogP contribution in [0.3, 0.4) is 0 Å². The second-order valence-corrected chi connectivity index (χ2v) is 3.97. The Morgan fingerprint density at radius 2 is 2.18 bits per heavy atom. The molecule has 5 heteroatoms. The van der Waals surface area contributed by atoms with Crippen LogP contribution in [0.25, 0.3) is 0 Å². The minimum atomic E-state index is -0.843. The Morgan fingerprint density at radius 3 is 2.71 bits per heavy atom. The molecule has 1 aromatic carbocycles. The van der Waals surface area contributed by atoms with E-state index in [4.69, 9.17) is 10.5 Å². The molecule has 0 radical (unpaired) electrons. The van der Waals surface area contributed by atoms with E-state index in [1.165, 1.54) is 25.1 Å². The Labute approximate surface area is 99.2 Å². The summed E-state index contributed by atoms with van der Waals surface area (Å²) in [5.74, 6) is -1.00. The molecule has 0 saturated heterocycles. The number of aliphatic hydroxyl groups is 1. The summed E-state index contributed by atoms with van der Waals surface area (Å²) in [5.41, 5.74) is 5.44. The summed E-state index contributed by atoms with van der Waals surface area (Å²) in [6, 6.07) is 3.86. The van der Waals surface area contributed by atoms with Gasteiger partial charge in [0.15, 0.2) is 0 Å². The van der Waals surface area contributed by atoms with Gasteiger partial charge in [0.25, 0.3) is 0 Å². The summed E-state index contributed by atoms with van der Waals surface area (Å²) in [6.07, 6.45) is -0.843. The zero-order valence-corrected chi connectivity index (χ0v) is 9.81. The third-order valence-corrected chi connectivity index (χ3v) is 2.40. The normalized spacial score (nSPS) is 14.1. The molecule has 0 spiro atoms. The topological polar surface area (TPSA) is 72.6 Å². The smallest absolute Gasteiger partial charge is 0.223 e. The number of rotatable bonds is 5. The third-order valence-electron chi connectivity index (χ3n) is 2.40. The molecule has 0 aliphatic carbocycles. The van der Waals surface area contributed by atoms with Crippen molar-refractivity contribution in [3.8, 4) is 5.75 Å². The minimum Gasteiger partial charge on any atom is -0.492 e. The molecule has 4 nitrogen and oxygen atoms in total. The molecule has 0 fully saturated rings. The van der Waals surface area contributed by atoms with Crippen LogP contribution in [0.4, 0.5) is 4.39 Å². The largest absolute Gasteiger partial charge is 0.492 e. The van der Waals surface area contributed by atoms with Crippen molar-refractivity contribution in [3.05, 3.63) is 29.6 Å². The highest BCUT2D eigenvalue weighted by molar-refractivity contribution is 5.76. The number of aliphatic hydroxyl groups excluding tert-OH is 1. The fourth-order valence-corrected chi connectivity index (χ4v) is 1.27. The first-order valence-electron chi connectivity index (χ1n) is 5.31. The van der Waals surface area contributed by atoms with E-state index < -0.39 is 23.7 Å². The Morgan fingerprint density at radius 1 is 1.53 bits per heavy atom. The van der Waals surface area contributed by atoms with Crippen LogP contribution in [0.5, 0.6) is 5.75 Å². The van der Waals surface area contributed by atoms with Crippen LogP contribution in [0, 0.1) is 11.7 Å². The predicted molar refractivity (Wildman–Crippen MR) is 60.9 cm³/mol. The van der Waals surface area contributed by atoms with Crippen molar-refractivity contribution in [2.75, 3.05) is 6.61 Å². The maximum Gasteiger partial charge on any atom is 0.223 e. The SMILES string of the molecule is CC(COc1ccc(F)cc1C(C)O)C(N)=O. The van der Waals surface area contributed by atoms with Crippen LogP contribution in [-0.4, -0.2) is 17.6 Å². The molecule has 1 rings (SSSR count). The monoisotopic (exact) mass is 241 g/mol. The summed E-state index contributed by atoms with van der Waals surface area (Å²) >= 11 is 0. The van der Waals surface area contributed by atoms with Gasteiger partial charge in [0.1, 0.15) is 11.6 Å². The number of carbonyl (C=O) groups excluding carboxylic acids is 1. The highest BCUT2D eigenvalue weighted by Crippen LogP contribution is 2.26. The molecular weight excluding hydrogens is 225 g/mol. The highest BCUT2D eigenvalue weighted by atomic mass is 19.1. The summed E-state index contributed by atoms with van der Waals surface area (Å²) in [4.78, 5) is 10.8. The first-order valence-corrected chi connectivity index (χ1v) is 5.31. The first-order chi connectivity index (χ1) is 7.91. The molecule has 2 unspecified atom stereocenters. The molecule has 0 heterocycles. The number of ether oxygens (including phenoxy) is 1. The molecule has 17 heavy (non-hydrogen) atoms. The molecular formula is C12H16FNO3. The average Bonchev–Trinajstić information content (AvgIpc) is 2.26. The lowest BCUT2D eigenvalue weighted by atomic mass is 10.1. The van der Waals surface area contributed by atoms with Crippen LogP contribution >= 0.6 is 0 Å². The van der Waals surface area contributed by atoms with Crippen LogP contribution in [0.2, 0.25) is 0 Å². The summed E-state index contributed by atoms with van der Waals surface area (Å²) in [5, 5.41) is 9.47. The molecule has 0 aliphatic heterocycles. The minimum absolute atomic E-state index is 0.0979. The lowest BCUT2D eigenvalue weighted by Gasteiger charge is -2.15. The number of hydrogen-bond acceptors (Lipinski definition) is 3. The van der Waals surface area contributed by atoms with E-state index >= 15 is 0 Å². The molecule has 1 aromatic rings. The molecule has 2 atom stereocenters. The predicted octanol–water partition coefficient (Wildman–Crippen LogP) is 1.38. The van der Waals surface area contributed by atoms with E-state index in [1.807, 2.05) is 0 Å². The van der Waals surface area contributed by atoms with Crippen molar-refractivity contribution in [3.63, 3.8) is 0 Å². The third kappa shape index (κ3) is 3.71. The van der Waals surface area contributed by atoms with Gasteiger partial charge in [-0.1, -0.05) is 6.92 Å². The van der Waals surface area contributed by atoms with Gasteiger partial charge in [0.05, 0.1) is 18.6 Å². The Balaban J connectivity index is 2.80. The Bertz CT molecular complexity index is 407. The van der Waals surface area contributed by atoms with Gasteiger partial charge in [-0.25, -0.2) is 4.39 Å². The molecule has 0 aliphatic rings. The molecule has 0 bridgehead atoms. The molecule has 0 aromatic heterocycles. The Hall–Kier alpha value is -1.62. The van der Waals surface area contributed by atoms with Gasteiger partial charge >= 0.3 is 0 Å². The van der Waals surface area contributed by atoms with Crippen LogP contribution in [0.1, 0.15) is 25.5 Å². The van der Waals surface area contributed by atoms with Crippen molar-refractivity contribution < 1.29 is 19.0 Å². The zero-order chi connectivity index (χ0) is 13.0. The summed E-state index contributed by atoms with van der Waals surface area (Å²) in [7, 11) is 0. The fraction of sp³-hybridized carbons (Fsp3) is 0.417. The van der Waals surface area contributed by atoms with Gasteiger partial charge in [0.2, 0.25) is 5.91 Å². The molecule has 94 valence electrons. The van der Waals surface area contributed by atoms with Gasteiger partial charge in [-0.05, 0) is 25.1 Å². The highest BCUT2D eigenvalue weighted by Gasteiger charge is 2.14. The van der Waals surface area contributed by atoms with E-state index in [-0.39, 0.29) is 6.61 Å². The number of nitrogens with two attached hydrogens (primary N) is 1. The van der Waals surface area contributed by atoms with Gasteiger partial charge in [-0.15, -0.1) is 0 Å². The molecule has 3 N–H and O–H groups in total. The average molecular weight is 241 g/mol. The number of amides is 1. The Kier molecular flexibility index (Phi) is 4.45. The maximum atomic E-state index is 13.0. The van der Waals surface area contributed by atoms with E-state index in [1.54, 1.807) is 6.92 Å². The van der Waals surface area contributed by atoms with Gasteiger partial charge in [-0.3, -0.25) is 4.79 Å². The lowest BCUT2D eigenvalue weighted by Crippen LogP contribution is -2.26. The van der Waals surface area contributed by atoms with Crippen molar-refractivity contribution in [1.29, 1.82) is 0 Å². The van der Waals surface area contributed by atoms with Gasteiger partial charge in [-0.2, -0.15) is 0 Å². The van der Waals surface area contributed by atoms with Crippen LogP contribution in [0.15, 0.2) is 18.2 Å². The number of halogens is 1. The van der Waals surface area contributed by atoms with Crippen molar-refractivity contribution in [2.45, 2.75) is 20.0 Å². The van der Waals surface area contributed by atoms with Crippen LogP contribution < -0.4 is 10.5 Å². The molecule has 1 amide bonds. The standard InChI is InChI=1S/C12H16FNO3/c1-7(12(14)16)6-17-11-4-3-9(13)5-10(11)8(2)15/h3-5,7-8,15H,6H2,1-2H3,(H2,14,16). The number of primary amides is 1. The van der Waals surface area contributed by atoms with Crippen molar-refractivity contribution in [1.82, 2.24) is 0 Å². The van der Waals surface area contributed by atoms with E-state index in [0.29, 0.717) is 11.3 Å². The van der Waals surface area contributed by atoms with Crippen molar-refractivity contribution >= 4 is 5.91 Å². The zero-order valence-electron chi connectivity index (χ0n) is 9.81. The van der Waals surface area contributed by atoms with E-state index in [0.717, 1.165) is 0 Å². The van der Waals surface area contributed by atoms with E-state index in [9.17, 15) is 14.3 Å². The van der Waals surface area contributed by atoms with Gasteiger partial charge < -0.3 is 15.6 Å². The second-order valence-electron chi connectivity index (χ2n) is 3.97. The maximum absolute atomic E-state index is 13.0. The molecule has 0 saturated carbocycles. The number of carbonyl (C=O) groups is 1. The lowest BCUT2D eigenvalue weighted by molar-refractivity contribution is -0.122. The number of hydrogen-bond donors (Lipinski definition) is 2.